The second-order valence-corrected chi connectivity index (χ2v) is 9.05. The third kappa shape index (κ3) is 3.24. The molecule has 0 spiro atoms. The Morgan fingerprint density at radius 1 is 0.457 bits per heavy atom. The average Bonchev–Trinajstić information content (AvgIpc) is 3.02. The number of aromatic hydroxyl groups is 6. The van der Waals surface area contributed by atoms with Crippen molar-refractivity contribution in [1.29, 1.82) is 0 Å². The quantitative estimate of drug-likeness (QED) is 0.243. The van der Waals surface area contributed by atoms with Crippen LogP contribution in [-0.4, -0.2) is 30.6 Å². The lowest BCUT2D eigenvalue weighted by Crippen LogP contribution is -2.25. The van der Waals surface area contributed by atoms with Crippen LogP contribution in [0.3, 0.4) is 0 Å². The summed E-state index contributed by atoms with van der Waals surface area (Å²) in [6.07, 6.45) is -1.37. The predicted molar refractivity (Wildman–Crippen MR) is 126 cm³/mol. The van der Waals surface area contributed by atoms with Gasteiger partial charge in [-0.1, -0.05) is 24.3 Å². The Hall–Kier alpha value is -4.36. The molecule has 1 unspecified atom stereocenters. The highest BCUT2D eigenvalue weighted by atomic mass is 16.5. The van der Waals surface area contributed by atoms with Crippen LogP contribution in [0.4, 0.5) is 0 Å². The van der Waals surface area contributed by atoms with E-state index in [1.807, 2.05) is 0 Å². The first-order valence-corrected chi connectivity index (χ1v) is 11.2. The fraction of sp³-hybridized carbons (Fsp3) is 0.143. The second kappa shape index (κ2) is 7.58. The van der Waals surface area contributed by atoms with Gasteiger partial charge in [0.1, 0.15) is 34.5 Å². The number of benzene rings is 4. The molecule has 176 valence electrons. The molecule has 0 fully saturated rings. The van der Waals surface area contributed by atoms with E-state index in [-0.39, 0.29) is 34.5 Å². The minimum absolute atomic E-state index is 0.0837. The molecule has 4 aromatic carbocycles. The summed E-state index contributed by atoms with van der Waals surface area (Å²) >= 11 is 0. The molecule has 1 aliphatic heterocycles. The van der Waals surface area contributed by atoms with E-state index >= 15 is 0 Å². The van der Waals surface area contributed by atoms with E-state index in [1.165, 1.54) is 12.1 Å². The van der Waals surface area contributed by atoms with Gasteiger partial charge in [-0.2, -0.15) is 0 Å². The van der Waals surface area contributed by atoms with Gasteiger partial charge >= 0.3 is 0 Å². The summed E-state index contributed by atoms with van der Waals surface area (Å²) < 4.78 is 6.69. The first-order valence-electron chi connectivity index (χ1n) is 11.2. The van der Waals surface area contributed by atoms with Crippen molar-refractivity contribution in [3.63, 3.8) is 0 Å². The summed E-state index contributed by atoms with van der Waals surface area (Å²) in [6.45, 7) is 0. The van der Waals surface area contributed by atoms with Crippen LogP contribution in [-0.2, 0) is 4.74 Å². The van der Waals surface area contributed by atoms with Gasteiger partial charge in [0.25, 0.3) is 0 Å². The lowest BCUT2D eigenvalue weighted by atomic mass is 9.79. The minimum atomic E-state index is -0.737. The zero-order chi connectivity index (χ0) is 24.4. The molecule has 1 heterocycles. The summed E-state index contributed by atoms with van der Waals surface area (Å²) in [5.74, 6) is -1.56. The Labute approximate surface area is 200 Å². The van der Waals surface area contributed by atoms with Gasteiger partial charge in [0.2, 0.25) is 0 Å². The van der Waals surface area contributed by atoms with E-state index in [1.54, 1.807) is 60.7 Å². The summed E-state index contributed by atoms with van der Waals surface area (Å²) in [7, 11) is 0. The highest BCUT2D eigenvalue weighted by Crippen LogP contribution is 2.62. The summed E-state index contributed by atoms with van der Waals surface area (Å²) in [5.41, 5.74) is 3.66. The molecule has 0 aromatic heterocycles. The number of phenols is 6. The van der Waals surface area contributed by atoms with E-state index in [0.29, 0.717) is 22.3 Å². The average molecular weight is 470 g/mol. The third-order valence-corrected chi connectivity index (χ3v) is 6.99. The smallest absolute Gasteiger partial charge is 0.123 e. The number of ether oxygens (including phenoxy) is 1. The van der Waals surface area contributed by atoms with E-state index in [0.717, 1.165) is 11.1 Å². The number of hydrogen-bond acceptors (Lipinski definition) is 7. The zero-order valence-corrected chi connectivity index (χ0v) is 18.3. The molecule has 2 bridgehead atoms. The molecule has 6 rings (SSSR count). The molecule has 0 radical (unpaired) electrons. The third-order valence-electron chi connectivity index (χ3n) is 6.99. The fourth-order valence-electron chi connectivity index (χ4n) is 5.61. The Balaban J connectivity index is 1.70. The molecule has 0 amide bonds. The highest BCUT2D eigenvalue weighted by Gasteiger charge is 2.49. The van der Waals surface area contributed by atoms with Crippen LogP contribution in [0, 0.1) is 0 Å². The number of fused-ring (bicyclic) bond motifs is 2. The lowest BCUT2D eigenvalue weighted by Gasteiger charge is -2.38. The van der Waals surface area contributed by atoms with Crippen molar-refractivity contribution >= 4 is 0 Å². The van der Waals surface area contributed by atoms with Crippen LogP contribution in [0.15, 0.2) is 72.8 Å². The van der Waals surface area contributed by atoms with Crippen molar-refractivity contribution in [3.05, 3.63) is 106 Å². The first-order chi connectivity index (χ1) is 16.8. The van der Waals surface area contributed by atoms with Crippen molar-refractivity contribution in [1.82, 2.24) is 0 Å². The van der Waals surface area contributed by atoms with Gasteiger partial charge in [-0.25, -0.2) is 0 Å². The van der Waals surface area contributed by atoms with E-state index in [9.17, 15) is 30.6 Å². The molecule has 6 N–H and O–H groups in total. The SMILES string of the molecule is Oc1ccc(C2O[C@H]3c4cc(O)cc(O)c4[C@@H]2c2cc(O)cc(O)c2[C@H]3c2ccc(O)cc2)cc1. The van der Waals surface area contributed by atoms with Gasteiger partial charge in [0.05, 0.1) is 12.2 Å². The maximum atomic E-state index is 11.1. The van der Waals surface area contributed by atoms with Crippen molar-refractivity contribution in [3.8, 4) is 34.5 Å². The lowest BCUT2D eigenvalue weighted by molar-refractivity contribution is -0.0396. The molecule has 7 heteroatoms. The molecular weight excluding hydrogens is 448 g/mol. The van der Waals surface area contributed by atoms with Crippen molar-refractivity contribution < 1.29 is 35.4 Å². The van der Waals surface area contributed by atoms with E-state index in [4.69, 9.17) is 4.74 Å². The summed E-state index contributed by atoms with van der Waals surface area (Å²) in [5, 5.41) is 62.6. The van der Waals surface area contributed by atoms with Gasteiger partial charge < -0.3 is 35.4 Å². The van der Waals surface area contributed by atoms with Crippen molar-refractivity contribution in [2.24, 2.45) is 0 Å². The minimum Gasteiger partial charge on any atom is -0.508 e. The Morgan fingerprint density at radius 2 is 0.943 bits per heavy atom. The normalized spacial score (nSPS) is 22.3. The zero-order valence-electron chi connectivity index (χ0n) is 18.3. The van der Waals surface area contributed by atoms with Crippen molar-refractivity contribution in [2.75, 3.05) is 0 Å². The topological polar surface area (TPSA) is 131 Å². The number of rotatable bonds is 2. The molecule has 4 aromatic rings. The van der Waals surface area contributed by atoms with Crippen molar-refractivity contribution in [2.45, 2.75) is 24.0 Å². The van der Waals surface area contributed by atoms with Crippen LogP contribution in [0.25, 0.3) is 0 Å². The maximum Gasteiger partial charge on any atom is 0.123 e. The van der Waals surface area contributed by atoms with Gasteiger partial charge in [-0.05, 0) is 58.7 Å². The van der Waals surface area contributed by atoms with Crippen LogP contribution in [0.1, 0.15) is 57.4 Å². The van der Waals surface area contributed by atoms with Crippen LogP contribution >= 0.6 is 0 Å². The molecule has 2 aliphatic rings. The molecule has 1 aliphatic carbocycles. The van der Waals surface area contributed by atoms with Crippen LogP contribution in [0.2, 0.25) is 0 Å². The largest absolute Gasteiger partial charge is 0.508 e. The standard InChI is InChI=1S/C28H22O7/c29-15-5-1-13(2-6-15)23-24-19(9-17(31)11-21(24)33)26-25-20(10-18(32)12-22(25)34)28(23)35-27(26)14-3-7-16(30)8-4-14/h1-12,23,26-34H/t23-,26+,27?,28+/m1/s1. The molecular formula is C28H22O7. The molecule has 0 saturated heterocycles. The Kier molecular flexibility index (Phi) is 4.59. The fourth-order valence-corrected chi connectivity index (χ4v) is 5.61. The summed E-state index contributed by atoms with van der Waals surface area (Å²) in [4.78, 5) is 0. The van der Waals surface area contributed by atoms with E-state index < -0.39 is 24.0 Å². The number of hydrogen-bond donors (Lipinski definition) is 6. The van der Waals surface area contributed by atoms with Crippen LogP contribution in [0.5, 0.6) is 34.5 Å². The number of phenolic OH excluding ortho intramolecular Hbond substituents is 6. The summed E-state index contributed by atoms with van der Waals surface area (Å²) in [6, 6.07) is 18.8. The van der Waals surface area contributed by atoms with Gasteiger partial charge in [-0.15, -0.1) is 0 Å². The first kappa shape index (κ1) is 21.2. The van der Waals surface area contributed by atoms with Gasteiger partial charge in [-0.3, -0.25) is 0 Å². The molecule has 7 nitrogen and oxygen atoms in total. The monoisotopic (exact) mass is 470 g/mol. The maximum absolute atomic E-state index is 11.1. The molecule has 0 saturated carbocycles. The molecule has 4 atom stereocenters. The Morgan fingerprint density at radius 3 is 1.51 bits per heavy atom. The van der Waals surface area contributed by atoms with Gasteiger partial charge in [0.15, 0.2) is 0 Å². The van der Waals surface area contributed by atoms with Gasteiger partial charge in [0, 0.05) is 35.1 Å². The predicted octanol–water partition coefficient (Wildman–Crippen LogP) is 5.01. The van der Waals surface area contributed by atoms with Crippen LogP contribution < -0.4 is 0 Å². The molecule has 35 heavy (non-hydrogen) atoms. The second-order valence-electron chi connectivity index (χ2n) is 9.05. The van der Waals surface area contributed by atoms with E-state index in [2.05, 4.69) is 0 Å². The Bertz CT molecular complexity index is 1440. The highest BCUT2D eigenvalue weighted by molar-refractivity contribution is 5.64.